The molecule has 0 amide bonds. The van der Waals surface area contributed by atoms with Crippen molar-refractivity contribution in [2.45, 2.75) is 18.6 Å². The molecule has 1 aliphatic rings. The van der Waals surface area contributed by atoms with Gasteiger partial charge in [0.05, 0.1) is 12.8 Å². The third-order valence-electron chi connectivity index (χ3n) is 2.36. The van der Waals surface area contributed by atoms with Gasteiger partial charge in [-0.15, -0.1) is 5.10 Å². The van der Waals surface area contributed by atoms with Crippen molar-refractivity contribution >= 4 is 0 Å². The molecule has 1 fully saturated rings. The number of nitrogens with one attached hydrogen (secondary N) is 1. The Balaban J connectivity index is 2.03. The molecule has 2 rings (SSSR count). The van der Waals surface area contributed by atoms with Crippen molar-refractivity contribution < 1.29 is 4.74 Å². The summed E-state index contributed by atoms with van der Waals surface area (Å²) in [5.41, 5.74) is 0.931. The molecule has 1 N–H and O–H groups in total. The molecule has 0 radical (unpaired) electrons. The van der Waals surface area contributed by atoms with Crippen LogP contribution in [0.2, 0.25) is 0 Å². The average Bonchev–Trinajstić information content (AvgIpc) is 2.71. The molecular formula is C8H14N4O. The van der Waals surface area contributed by atoms with Gasteiger partial charge in [-0.25, -0.2) is 0 Å². The van der Waals surface area contributed by atoms with E-state index in [2.05, 4.69) is 15.6 Å². The molecule has 0 aliphatic carbocycles. The van der Waals surface area contributed by atoms with Gasteiger partial charge >= 0.3 is 0 Å². The van der Waals surface area contributed by atoms with Gasteiger partial charge in [0, 0.05) is 13.1 Å². The van der Waals surface area contributed by atoms with E-state index in [9.17, 15) is 0 Å². The summed E-state index contributed by atoms with van der Waals surface area (Å²) in [6.07, 6.45) is 3.00. The van der Waals surface area contributed by atoms with Crippen molar-refractivity contribution in [1.82, 2.24) is 20.3 Å². The molecule has 2 unspecified atom stereocenters. The molecule has 1 aromatic rings. The molecule has 72 valence electrons. The van der Waals surface area contributed by atoms with Crippen LogP contribution >= 0.6 is 0 Å². The minimum Gasteiger partial charge on any atom is -0.370 e. The van der Waals surface area contributed by atoms with Crippen LogP contribution in [-0.2, 0) is 11.8 Å². The molecule has 0 bridgehead atoms. The van der Waals surface area contributed by atoms with E-state index >= 15 is 0 Å². The van der Waals surface area contributed by atoms with Crippen molar-refractivity contribution in [3.8, 4) is 0 Å². The van der Waals surface area contributed by atoms with Crippen LogP contribution in [0.4, 0.5) is 0 Å². The highest BCUT2D eigenvalue weighted by Gasteiger charge is 2.27. The molecule has 2 atom stereocenters. The Morgan fingerprint density at radius 2 is 2.54 bits per heavy atom. The highest BCUT2D eigenvalue weighted by Crippen LogP contribution is 2.26. The van der Waals surface area contributed by atoms with Crippen LogP contribution in [-0.4, -0.2) is 34.7 Å². The average molecular weight is 182 g/mol. The minimum atomic E-state index is 0.117. The molecule has 5 heteroatoms. The maximum absolute atomic E-state index is 5.58. The van der Waals surface area contributed by atoms with Gasteiger partial charge < -0.3 is 10.1 Å². The van der Waals surface area contributed by atoms with Gasteiger partial charge in [0.15, 0.2) is 0 Å². The zero-order chi connectivity index (χ0) is 9.26. The predicted molar refractivity (Wildman–Crippen MR) is 47.2 cm³/mol. The summed E-state index contributed by atoms with van der Waals surface area (Å²) in [7, 11) is 3.81. The minimum absolute atomic E-state index is 0.117. The Hall–Kier alpha value is -0.940. The number of aryl methyl sites for hydroxylation is 1. The van der Waals surface area contributed by atoms with Gasteiger partial charge in [0.2, 0.25) is 0 Å². The van der Waals surface area contributed by atoms with E-state index in [0.29, 0.717) is 6.04 Å². The summed E-state index contributed by atoms with van der Waals surface area (Å²) >= 11 is 0. The van der Waals surface area contributed by atoms with E-state index in [0.717, 1.165) is 18.7 Å². The van der Waals surface area contributed by atoms with Gasteiger partial charge in [-0.05, 0) is 13.5 Å². The molecule has 1 aliphatic heterocycles. The molecular weight excluding hydrogens is 168 g/mol. The number of hydrogen-bond acceptors (Lipinski definition) is 4. The predicted octanol–water partition coefficient (Wildman–Crippen LogP) is -0.136. The lowest BCUT2D eigenvalue weighted by molar-refractivity contribution is 0.106. The van der Waals surface area contributed by atoms with Gasteiger partial charge in [-0.2, -0.15) is 0 Å². The van der Waals surface area contributed by atoms with Crippen LogP contribution in [0.3, 0.4) is 0 Å². The third-order valence-corrected chi connectivity index (χ3v) is 2.36. The second-order valence-corrected chi connectivity index (χ2v) is 3.36. The Kier molecular flexibility index (Phi) is 2.28. The van der Waals surface area contributed by atoms with Crippen LogP contribution in [0.15, 0.2) is 6.20 Å². The number of hydrogen-bond donors (Lipinski definition) is 1. The van der Waals surface area contributed by atoms with E-state index in [1.165, 1.54) is 0 Å². The summed E-state index contributed by atoms with van der Waals surface area (Å²) in [6.45, 7) is 0.762. The number of rotatable bonds is 2. The summed E-state index contributed by atoms with van der Waals surface area (Å²) in [5, 5.41) is 11.1. The molecule has 13 heavy (non-hydrogen) atoms. The molecule has 2 heterocycles. The Labute approximate surface area is 77.1 Å². The van der Waals surface area contributed by atoms with E-state index in [-0.39, 0.29) is 6.10 Å². The maximum Gasteiger partial charge on any atom is 0.112 e. The first kappa shape index (κ1) is 8.65. The first-order chi connectivity index (χ1) is 6.29. The van der Waals surface area contributed by atoms with Crippen molar-refractivity contribution in [2.24, 2.45) is 7.05 Å². The fourth-order valence-electron chi connectivity index (χ4n) is 1.55. The molecule has 0 aromatic carbocycles. The van der Waals surface area contributed by atoms with Crippen molar-refractivity contribution in [3.05, 3.63) is 11.9 Å². The fourth-order valence-corrected chi connectivity index (χ4v) is 1.55. The van der Waals surface area contributed by atoms with E-state index in [1.54, 1.807) is 4.68 Å². The van der Waals surface area contributed by atoms with E-state index < -0.39 is 0 Å². The van der Waals surface area contributed by atoms with Crippen LogP contribution in [0.25, 0.3) is 0 Å². The molecule has 1 saturated heterocycles. The summed E-state index contributed by atoms with van der Waals surface area (Å²) in [6, 6.07) is 0.451. The number of aromatic nitrogens is 3. The lowest BCUT2D eigenvalue weighted by Gasteiger charge is -2.04. The summed E-state index contributed by atoms with van der Waals surface area (Å²) in [5.74, 6) is 0. The quantitative estimate of drug-likeness (QED) is 0.692. The Bertz CT molecular complexity index is 285. The van der Waals surface area contributed by atoms with Gasteiger partial charge in [-0.3, -0.25) is 4.68 Å². The van der Waals surface area contributed by atoms with Crippen LogP contribution < -0.4 is 5.32 Å². The largest absolute Gasteiger partial charge is 0.370 e. The highest BCUT2D eigenvalue weighted by atomic mass is 16.5. The molecule has 5 nitrogen and oxygen atoms in total. The topological polar surface area (TPSA) is 52.0 Å². The van der Waals surface area contributed by atoms with E-state index in [4.69, 9.17) is 4.74 Å². The summed E-state index contributed by atoms with van der Waals surface area (Å²) in [4.78, 5) is 0. The summed E-state index contributed by atoms with van der Waals surface area (Å²) < 4.78 is 7.28. The number of ether oxygens (including phenoxy) is 1. The van der Waals surface area contributed by atoms with E-state index in [1.807, 2.05) is 20.3 Å². The first-order valence-electron chi connectivity index (χ1n) is 4.44. The SMILES string of the molecule is CNC1COC(c2cn(C)nn2)C1. The number of nitrogens with zero attached hydrogens (tertiary/aromatic N) is 3. The second kappa shape index (κ2) is 3.43. The lowest BCUT2D eigenvalue weighted by Crippen LogP contribution is -2.24. The van der Waals surface area contributed by atoms with Crippen molar-refractivity contribution in [2.75, 3.05) is 13.7 Å². The zero-order valence-electron chi connectivity index (χ0n) is 7.90. The smallest absolute Gasteiger partial charge is 0.112 e. The van der Waals surface area contributed by atoms with Crippen LogP contribution in [0.1, 0.15) is 18.2 Å². The normalized spacial score (nSPS) is 28.2. The van der Waals surface area contributed by atoms with Gasteiger partial charge in [0.25, 0.3) is 0 Å². The first-order valence-corrected chi connectivity index (χ1v) is 4.44. The monoisotopic (exact) mass is 182 g/mol. The van der Waals surface area contributed by atoms with Crippen molar-refractivity contribution in [1.29, 1.82) is 0 Å². The molecule has 1 aromatic heterocycles. The standard InChI is InChI=1S/C8H14N4O/c1-9-6-3-8(13-5-6)7-4-12(2)11-10-7/h4,6,8-9H,3,5H2,1-2H3. The fraction of sp³-hybridized carbons (Fsp3) is 0.750. The maximum atomic E-state index is 5.58. The Morgan fingerprint density at radius 1 is 1.69 bits per heavy atom. The lowest BCUT2D eigenvalue weighted by atomic mass is 10.1. The van der Waals surface area contributed by atoms with Crippen LogP contribution in [0.5, 0.6) is 0 Å². The van der Waals surface area contributed by atoms with Gasteiger partial charge in [0.1, 0.15) is 11.8 Å². The van der Waals surface area contributed by atoms with Crippen molar-refractivity contribution in [3.63, 3.8) is 0 Å². The molecule has 0 spiro atoms. The second-order valence-electron chi connectivity index (χ2n) is 3.36. The zero-order valence-corrected chi connectivity index (χ0v) is 7.90. The Morgan fingerprint density at radius 3 is 3.08 bits per heavy atom. The highest BCUT2D eigenvalue weighted by molar-refractivity contribution is 5.01. The third kappa shape index (κ3) is 1.71. The number of likely N-dealkylation sites (N-methyl/N-ethyl adjacent to an activating group) is 1. The van der Waals surface area contributed by atoms with Gasteiger partial charge in [-0.1, -0.05) is 5.21 Å². The molecule has 0 saturated carbocycles. The van der Waals surface area contributed by atoms with Crippen LogP contribution in [0, 0.1) is 0 Å².